The summed E-state index contributed by atoms with van der Waals surface area (Å²) in [5, 5.41) is 1.87. The standard InChI is InChI=1S/C6H12O2.C4H7Br.C3H5Br/c1-5-4-7-6(2,3)8-5;1-2-3-4-5;1-2-3-4/h5H,4H2,1-3H3;2-3H,4H2,1H3;2H,1,3H2/b;3-2+;. The van der Waals surface area contributed by atoms with Crippen LogP contribution in [0.15, 0.2) is 24.8 Å². The molecule has 0 aromatic rings. The molecule has 0 bridgehead atoms. The molecule has 102 valence electrons. The van der Waals surface area contributed by atoms with Gasteiger partial charge in [0.15, 0.2) is 5.79 Å². The topological polar surface area (TPSA) is 18.5 Å². The van der Waals surface area contributed by atoms with Crippen LogP contribution in [0.4, 0.5) is 0 Å². The number of allylic oxidation sites excluding steroid dienone is 3. The van der Waals surface area contributed by atoms with Crippen LogP contribution in [0, 0.1) is 0 Å². The highest BCUT2D eigenvalue weighted by Crippen LogP contribution is 2.21. The monoisotopic (exact) mass is 370 g/mol. The van der Waals surface area contributed by atoms with E-state index in [0.717, 1.165) is 17.3 Å². The van der Waals surface area contributed by atoms with Crippen molar-refractivity contribution in [3.63, 3.8) is 0 Å². The maximum atomic E-state index is 5.33. The molecule has 1 aliphatic rings. The van der Waals surface area contributed by atoms with Crippen LogP contribution in [-0.4, -0.2) is 29.2 Å². The van der Waals surface area contributed by atoms with Crippen LogP contribution in [0.2, 0.25) is 0 Å². The van der Waals surface area contributed by atoms with E-state index in [9.17, 15) is 0 Å². The van der Waals surface area contributed by atoms with Crippen LogP contribution in [0.25, 0.3) is 0 Å². The maximum Gasteiger partial charge on any atom is 0.163 e. The summed E-state index contributed by atoms with van der Waals surface area (Å²) in [6.45, 7) is 12.0. The van der Waals surface area contributed by atoms with Crippen LogP contribution < -0.4 is 0 Å². The third-order valence-corrected chi connectivity index (χ3v) is 2.42. The Bertz CT molecular complexity index is 204. The first-order chi connectivity index (χ1) is 7.93. The summed E-state index contributed by atoms with van der Waals surface area (Å²) in [5.74, 6) is -0.334. The summed E-state index contributed by atoms with van der Waals surface area (Å²) >= 11 is 6.35. The van der Waals surface area contributed by atoms with Crippen molar-refractivity contribution in [1.82, 2.24) is 0 Å². The Morgan fingerprint density at radius 1 is 1.35 bits per heavy atom. The van der Waals surface area contributed by atoms with Gasteiger partial charge in [-0.05, 0) is 27.7 Å². The molecule has 0 aromatic carbocycles. The molecule has 0 aliphatic carbocycles. The summed E-state index contributed by atoms with van der Waals surface area (Å²) < 4.78 is 10.6. The fraction of sp³-hybridized carbons (Fsp3) is 0.692. The summed E-state index contributed by atoms with van der Waals surface area (Å²) in [6.07, 6.45) is 6.11. The van der Waals surface area contributed by atoms with Crippen LogP contribution >= 0.6 is 31.9 Å². The van der Waals surface area contributed by atoms with E-state index in [0.29, 0.717) is 0 Å². The van der Waals surface area contributed by atoms with Crippen molar-refractivity contribution >= 4 is 31.9 Å². The normalized spacial score (nSPS) is 21.2. The van der Waals surface area contributed by atoms with Crippen molar-refractivity contribution in [2.24, 2.45) is 0 Å². The molecule has 1 unspecified atom stereocenters. The number of rotatable bonds is 2. The fourth-order valence-electron chi connectivity index (χ4n) is 0.960. The molecule has 1 heterocycles. The lowest BCUT2D eigenvalue weighted by Gasteiger charge is -2.15. The van der Waals surface area contributed by atoms with Gasteiger partial charge in [0, 0.05) is 10.7 Å². The van der Waals surface area contributed by atoms with E-state index < -0.39 is 0 Å². The minimum absolute atomic E-state index is 0.269. The summed E-state index contributed by atoms with van der Waals surface area (Å²) in [7, 11) is 0. The molecule has 1 rings (SSSR count). The zero-order valence-corrected chi connectivity index (χ0v) is 14.4. The van der Waals surface area contributed by atoms with E-state index in [2.05, 4.69) is 38.4 Å². The maximum absolute atomic E-state index is 5.33. The predicted molar refractivity (Wildman–Crippen MR) is 83.2 cm³/mol. The average molecular weight is 372 g/mol. The van der Waals surface area contributed by atoms with Gasteiger partial charge >= 0.3 is 0 Å². The van der Waals surface area contributed by atoms with E-state index in [1.807, 2.05) is 39.8 Å². The van der Waals surface area contributed by atoms with Crippen LogP contribution in [0.5, 0.6) is 0 Å². The smallest absolute Gasteiger partial charge is 0.163 e. The van der Waals surface area contributed by atoms with Crippen molar-refractivity contribution < 1.29 is 9.47 Å². The van der Waals surface area contributed by atoms with Gasteiger partial charge in [-0.2, -0.15) is 0 Å². The van der Waals surface area contributed by atoms with Crippen LogP contribution in [0.1, 0.15) is 27.7 Å². The Balaban J connectivity index is 0. The largest absolute Gasteiger partial charge is 0.348 e. The zero-order valence-electron chi connectivity index (χ0n) is 11.2. The van der Waals surface area contributed by atoms with Crippen molar-refractivity contribution in [3.8, 4) is 0 Å². The molecular formula is C13H24Br2O2. The third kappa shape index (κ3) is 16.4. The second-order valence-corrected chi connectivity index (χ2v) is 5.10. The number of halogens is 2. The first-order valence-electron chi connectivity index (χ1n) is 5.59. The Morgan fingerprint density at radius 2 is 1.88 bits per heavy atom. The van der Waals surface area contributed by atoms with E-state index in [4.69, 9.17) is 9.47 Å². The highest BCUT2D eigenvalue weighted by Gasteiger charge is 2.29. The second kappa shape index (κ2) is 12.8. The Morgan fingerprint density at radius 3 is 1.94 bits per heavy atom. The zero-order chi connectivity index (χ0) is 13.7. The molecule has 1 fully saturated rings. The number of alkyl halides is 2. The molecule has 0 aromatic heterocycles. The lowest BCUT2D eigenvalue weighted by molar-refractivity contribution is -0.136. The van der Waals surface area contributed by atoms with Crippen LogP contribution in [0.3, 0.4) is 0 Å². The lowest BCUT2D eigenvalue weighted by atomic mass is 10.4. The van der Waals surface area contributed by atoms with E-state index in [1.54, 1.807) is 6.08 Å². The van der Waals surface area contributed by atoms with Crippen molar-refractivity contribution in [2.75, 3.05) is 17.3 Å². The highest BCUT2D eigenvalue weighted by atomic mass is 79.9. The summed E-state index contributed by atoms with van der Waals surface area (Å²) in [5.41, 5.74) is 0. The minimum Gasteiger partial charge on any atom is -0.348 e. The van der Waals surface area contributed by atoms with Gasteiger partial charge in [-0.15, -0.1) is 6.58 Å². The van der Waals surface area contributed by atoms with Gasteiger partial charge in [-0.25, -0.2) is 0 Å². The first kappa shape index (κ1) is 19.7. The van der Waals surface area contributed by atoms with E-state index >= 15 is 0 Å². The quantitative estimate of drug-likeness (QED) is 0.518. The molecular weight excluding hydrogens is 348 g/mol. The molecule has 1 aliphatic heterocycles. The van der Waals surface area contributed by atoms with Crippen LogP contribution in [-0.2, 0) is 9.47 Å². The highest BCUT2D eigenvalue weighted by molar-refractivity contribution is 9.09. The molecule has 0 radical (unpaired) electrons. The molecule has 0 N–H and O–H groups in total. The molecule has 2 nitrogen and oxygen atoms in total. The third-order valence-electron chi connectivity index (χ3n) is 1.58. The van der Waals surface area contributed by atoms with Crippen molar-refractivity contribution in [1.29, 1.82) is 0 Å². The second-order valence-electron chi connectivity index (χ2n) is 3.81. The van der Waals surface area contributed by atoms with Gasteiger partial charge in [0.2, 0.25) is 0 Å². The minimum atomic E-state index is -0.334. The van der Waals surface area contributed by atoms with E-state index in [-0.39, 0.29) is 11.9 Å². The molecule has 0 spiro atoms. The average Bonchev–Trinajstić information content (AvgIpc) is 2.59. The Kier molecular flexibility index (Phi) is 14.8. The van der Waals surface area contributed by atoms with Crippen molar-refractivity contribution in [2.45, 2.75) is 39.6 Å². The predicted octanol–water partition coefficient (Wildman–Crippen LogP) is 4.68. The van der Waals surface area contributed by atoms with E-state index in [1.165, 1.54) is 0 Å². The summed E-state index contributed by atoms with van der Waals surface area (Å²) in [6, 6.07) is 0. The van der Waals surface area contributed by atoms with Crippen molar-refractivity contribution in [3.05, 3.63) is 24.8 Å². The molecule has 4 heteroatoms. The van der Waals surface area contributed by atoms with Gasteiger partial charge in [0.1, 0.15) is 0 Å². The molecule has 0 amide bonds. The number of ether oxygens (including phenoxy) is 2. The Labute approximate surface area is 123 Å². The molecule has 1 atom stereocenters. The van der Waals surface area contributed by atoms with Gasteiger partial charge < -0.3 is 9.47 Å². The molecule has 17 heavy (non-hydrogen) atoms. The fourth-order valence-corrected chi connectivity index (χ4v) is 1.33. The van der Waals surface area contributed by atoms with Gasteiger partial charge in [0.05, 0.1) is 12.7 Å². The van der Waals surface area contributed by atoms with Gasteiger partial charge in [0.25, 0.3) is 0 Å². The first-order valence-corrected chi connectivity index (χ1v) is 7.83. The SMILES string of the molecule is C/C=C/CBr.C=CCBr.CC1COC(C)(C)O1. The Hall–Kier alpha value is 0.360. The summed E-state index contributed by atoms with van der Waals surface area (Å²) in [4.78, 5) is 0. The lowest BCUT2D eigenvalue weighted by Crippen LogP contribution is -2.20. The number of hydrogen-bond acceptors (Lipinski definition) is 2. The number of hydrogen-bond donors (Lipinski definition) is 0. The molecule has 1 saturated heterocycles. The van der Waals surface area contributed by atoms with Gasteiger partial charge in [-0.3, -0.25) is 0 Å². The molecule has 0 saturated carbocycles. The van der Waals surface area contributed by atoms with Gasteiger partial charge in [-0.1, -0.05) is 50.1 Å².